The molecule has 0 unspecified atom stereocenters. The van der Waals surface area contributed by atoms with E-state index in [0.717, 1.165) is 17.5 Å². The van der Waals surface area contributed by atoms with Gasteiger partial charge >= 0.3 is 0 Å². The average molecular weight is 202 g/mol. The van der Waals surface area contributed by atoms with Crippen molar-refractivity contribution in [1.29, 1.82) is 0 Å². The van der Waals surface area contributed by atoms with Crippen LogP contribution in [0.15, 0.2) is 18.3 Å². The summed E-state index contributed by atoms with van der Waals surface area (Å²) in [6.07, 6.45) is 7.59. The number of hydrogen-bond acceptors (Lipinski definition) is 2. The molecule has 0 radical (unpaired) electrons. The van der Waals surface area contributed by atoms with Gasteiger partial charge in [-0.05, 0) is 50.2 Å². The number of pyridine rings is 1. The van der Waals surface area contributed by atoms with Crippen LogP contribution in [0.1, 0.15) is 31.4 Å². The van der Waals surface area contributed by atoms with E-state index in [-0.39, 0.29) is 0 Å². The standard InChI is InChI=1S/C13H18N2/c1-9-12(3-2-6-14-9)15-13-8-10-4-5-11(13)7-10/h2-3,6,10-11,13,15H,4-5,7-8H2,1H3/t10-,11+,13-/m0/s1. The summed E-state index contributed by atoms with van der Waals surface area (Å²) in [6, 6.07) is 4.88. The van der Waals surface area contributed by atoms with Gasteiger partial charge in [0.05, 0.1) is 11.4 Å². The molecule has 3 rings (SSSR count). The van der Waals surface area contributed by atoms with Crippen molar-refractivity contribution in [2.75, 3.05) is 5.32 Å². The first kappa shape index (κ1) is 9.20. The van der Waals surface area contributed by atoms with Gasteiger partial charge in [0, 0.05) is 12.2 Å². The molecular weight excluding hydrogens is 184 g/mol. The Balaban J connectivity index is 1.73. The van der Waals surface area contributed by atoms with Crippen LogP contribution in [0.25, 0.3) is 0 Å². The lowest BCUT2D eigenvalue weighted by atomic mass is 9.95. The van der Waals surface area contributed by atoms with Gasteiger partial charge in [-0.1, -0.05) is 6.42 Å². The molecule has 2 heteroatoms. The molecule has 0 aromatic carbocycles. The second-order valence-electron chi connectivity index (χ2n) is 5.06. The van der Waals surface area contributed by atoms with Crippen molar-refractivity contribution in [1.82, 2.24) is 4.98 Å². The molecule has 0 amide bonds. The molecule has 1 heterocycles. The predicted octanol–water partition coefficient (Wildman–Crippen LogP) is 2.99. The van der Waals surface area contributed by atoms with E-state index in [1.54, 1.807) is 0 Å². The van der Waals surface area contributed by atoms with Crippen LogP contribution >= 0.6 is 0 Å². The van der Waals surface area contributed by atoms with Crippen LogP contribution < -0.4 is 5.32 Å². The van der Waals surface area contributed by atoms with Gasteiger partial charge in [-0.25, -0.2) is 0 Å². The maximum Gasteiger partial charge on any atom is 0.0603 e. The van der Waals surface area contributed by atoms with Crippen molar-refractivity contribution in [2.45, 2.75) is 38.6 Å². The molecule has 1 N–H and O–H groups in total. The molecule has 1 aromatic rings. The van der Waals surface area contributed by atoms with Gasteiger partial charge in [-0.15, -0.1) is 0 Å². The average Bonchev–Trinajstić information content (AvgIpc) is 2.83. The van der Waals surface area contributed by atoms with E-state index >= 15 is 0 Å². The van der Waals surface area contributed by atoms with Gasteiger partial charge in [0.25, 0.3) is 0 Å². The minimum Gasteiger partial charge on any atom is -0.381 e. The number of aryl methyl sites for hydroxylation is 1. The third-order valence-corrected chi connectivity index (χ3v) is 4.09. The third-order valence-electron chi connectivity index (χ3n) is 4.09. The summed E-state index contributed by atoms with van der Waals surface area (Å²) in [7, 11) is 0. The van der Waals surface area contributed by atoms with Crippen LogP contribution in [0.3, 0.4) is 0 Å². The first-order chi connectivity index (χ1) is 7.33. The summed E-state index contributed by atoms with van der Waals surface area (Å²) in [4.78, 5) is 4.32. The molecule has 2 fully saturated rings. The SMILES string of the molecule is Cc1ncccc1N[C@H]1C[C@H]2CC[C@@H]1C2. The molecule has 2 bridgehead atoms. The number of fused-ring (bicyclic) bond motifs is 2. The van der Waals surface area contributed by atoms with Gasteiger partial charge in [-0.2, -0.15) is 0 Å². The molecule has 0 spiro atoms. The zero-order valence-corrected chi connectivity index (χ0v) is 9.24. The van der Waals surface area contributed by atoms with Crippen LogP contribution in [0.2, 0.25) is 0 Å². The normalized spacial score (nSPS) is 33.3. The highest BCUT2D eigenvalue weighted by Crippen LogP contribution is 2.45. The fourth-order valence-electron chi connectivity index (χ4n) is 3.26. The number of anilines is 1. The van der Waals surface area contributed by atoms with Crippen LogP contribution in [-0.2, 0) is 0 Å². The summed E-state index contributed by atoms with van der Waals surface area (Å²) >= 11 is 0. The summed E-state index contributed by atoms with van der Waals surface area (Å²) in [6.45, 7) is 2.08. The minimum absolute atomic E-state index is 0.714. The first-order valence-electron chi connectivity index (χ1n) is 6.01. The Kier molecular flexibility index (Phi) is 2.15. The zero-order valence-electron chi connectivity index (χ0n) is 9.24. The van der Waals surface area contributed by atoms with Crippen LogP contribution in [-0.4, -0.2) is 11.0 Å². The van der Waals surface area contributed by atoms with Gasteiger partial charge in [0.2, 0.25) is 0 Å². The lowest BCUT2D eigenvalue weighted by Crippen LogP contribution is -2.26. The molecule has 0 saturated heterocycles. The summed E-state index contributed by atoms with van der Waals surface area (Å²) in [5, 5.41) is 3.68. The zero-order chi connectivity index (χ0) is 10.3. The third kappa shape index (κ3) is 1.62. The predicted molar refractivity (Wildman–Crippen MR) is 61.8 cm³/mol. The molecule has 15 heavy (non-hydrogen) atoms. The second-order valence-corrected chi connectivity index (χ2v) is 5.06. The molecule has 0 aliphatic heterocycles. The number of nitrogens with one attached hydrogen (secondary N) is 1. The van der Waals surface area contributed by atoms with E-state index in [1.807, 2.05) is 12.3 Å². The Morgan fingerprint density at radius 2 is 2.27 bits per heavy atom. The molecule has 2 aliphatic carbocycles. The molecule has 1 aromatic heterocycles. The van der Waals surface area contributed by atoms with E-state index in [0.29, 0.717) is 6.04 Å². The minimum atomic E-state index is 0.714. The topological polar surface area (TPSA) is 24.9 Å². The summed E-state index contributed by atoms with van der Waals surface area (Å²) in [5.41, 5.74) is 2.36. The Morgan fingerprint density at radius 3 is 2.93 bits per heavy atom. The molecule has 80 valence electrons. The van der Waals surface area contributed by atoms with Crippen molar-refractivity contribution in [2.24, 2.45) is 11.8 Å². The Morgan fingerprint density at radius 1 is 1.33 bits per heavy atom. The first-order valence-corrected chi connectivity index (χ1v) is 6.01. The second kappa shape index (κ2) is 3.51. The van der Waals surface area contributed by atoms with E-state index in [1.165, 1.54) is 31.4 Å². The van der Waals surface area contributed by atoms with Gasteiger partial charge in [0.1, 0.15) is 0 Å². The number of aromatic nitrogens is 1. The van der Waals surface area contributed by atoms with Crippen molar-refractivity contribution in [3.63, 3.8) is 0 Å². The van der Waals surface area contributed by atoms with Crippen LogP contribution in [0.4, 0.5) is 5.69 Å². The summed E-state index contributed by atoms with van der Waals surface area (Å²) in [5.74, 6) is 1.93. The fraction of sp³-hybridized carbons (Fsp3) is 0.615. The number of hydrogen-bond donors (Lipinski definition) is 1. The van der Waals surface area contributed by atoms with Crippen molar-refractivity contribution < 1.29 is 0 Å². The largest absolute Gasteiger partial charge is 0.381 e. The number of nitrogens with zero attached hydrogens (tertiary/aromatic N) is 1. The fourth-order valence-corrected chi connectivity index (χ4v) is 3.26. The Hall–Kier alpha value is -1.05. The lowest BCUT2D eigenvalue weighted by molar-refractivity contribution is 0.439. The Labute approximate surface area is 91.1 Å². The molecule has 3 atom stereocenters. The van der Waals surface area contributed by atoms with Crippen LogP contribution in [0.5, 0.6) is 0 Å². The van der Waals surface area contributed by atoms with Crippen molar-refractivity contribution in [3.05, 3.63) is 24.0 Å². The molecule has 2 saturated carbocycles. The monoisotopic (exact) mass is 202 g/mol. The molecule has 2 aliphatic rings. The molecular formula is C13H18N2. The van der Waals surface area contributed by atoms with Crippen molar-refractivity contribution in [3.8, 4) is 0 Å². The number of rotatable bonds is 2. The Bertz CT molecular complexity index is 361. The van der Waals surface area contributed by atoms with Crippen LogP contribution in [0, 0.1) is 18.8 Å². The highest BCUT2D eigenvalue weighted by Gasteiger charge is 2.39. The van der Waals surface area contributed by atoms with E-state index < -0.39 is 0 Å². The van der Waals surface area contributed by atoms with Gasteiger partial charge in [-0.3, -0.25) is 4.98 Å². The maximum absolute atomic E-state index is 4.32. The maximum atomic E-state index is 4.32. The van der Waals surface area contributed by atoms with Gasteiger partial charge < -0.3 is 5.32 Å². The van der Waals surface area contributed by atoms with E-state index in [4.69, 9.17) is 0 Å². The lowest BCUT2D eigenvalue weighted by Gasteiger charge is -2.24. The summed E-state index contributed by atoms with van der Waals surface area (Å²) < 4.78 is 0. The quantitative estimate of drug-likeness (QED) is 0.797. The van der Waals surface area contributed by atoms with Crippen molar-refractivity contribution >= 4 is 5.69 Å². The van der Waals surface area contributed by atoms with Gasteiger partial charge in [0.15, 0.2) is 0 Å². The van der Waals surface area contributed by atoms with E-state index in [9.17, 15) is 0 Å². The smallest absolute Gasteiger partial charge is 0.0603 e. The highest BCUT2D eigenvalue weighted by molar-refractivity contribution is 5.47. The highest BCUT2D eigenvalue weighted by atomic mass is 15.0. The van der Waals surface area contributed by atoms with E-state index in [2.05, 4.69) is 23.3 Å². The molecule has 2 nitrogen and oxygen atoms in total.